The monoisotopic (exact) mass is 307 g/mol. The lowest BCUT2D eigenvalue weighted by Crippen LogP contribution is -2.32. The first-order valence-electron chi connectivity index (χ1n) is 4.25. The number of hydrogen-bond acceptors (Lipinski definition) is 3. The van der Waals surface area contributed by atoms with Crippen molar-refractivity contribution in [1.29, 1.82) is 0 Å². The lowest BCUT2D eigenvalue weighted by molar-refractivity contribution is -0.139. The fraction of sp³-hybridized carbons (Fsp3) is 0.222. The Morgan fingerprint density at radius 2 is 1.88 bits per heavy atom. The molecule has 0 aliphatic heterocycles. The Morgan fingerprint density at radius 3 is 2.25 bits per heavy atom. The van der Waals surface area contributed by atoms with Crippen molar-refractivity contribution in [2.24, 2.45) is 0 Å². The SMILES string of the molecule is CS(=O)(=O)NC(C(=O)O)c1ccc(Br)cc1. The summed E-state index contributed by atoms with van der Waals surface area (Å²) in [5, 5.41) is 8.92. The first-order chi connectivity index (χ1) is 7.29. The molecule has 0 aliphatic carbocycles. The minimum atomic E-state index is -3.57. The third-order valence-corrected chi connectivity index (χ3v) is 2.97. The Balaban J connectivity index is 3.03. The second-order valence-corrected chi connectivity index (χ2v) is 5.91. The molecule has 1 rings (SSSR count). The van der Waals surface area contributed by atoms with E-state index in [0.717, 1.165) is 10.7 Å². The van der Waals surface area contributed by atoms with E-state index in [1.807, 2.05) is 4.72 Å². The standard InChI is InChI=1S/C9H10BrNO4S/c1-16(14,15)11-8(9(12)13)6-2-4-7(10)5-3-6/h2-5,8,11H,1H3,(H,12,13). The molecule has 0 saturated carbocycles. The highest BCUT2D eigenvalue weighted by molar-refractivity contribution is 9.10. The molecule has 5 nitrogen and oxygen atoms in total. The van der Waals surface area contributed by atoms with Gasteiger partial charge >= 0.3 is 5.97 Å². The van der Waals surface area contributed by atoms with Gasteiger partial charge in [0.1, 0.15) is 6.04 Å². The molecule has 16 heavy (non-hydrogen) atoms. The van der Waals surface area contributed by atoms with Gasteiger partial charge in [-0.2, -0.15) is 4.72 Å². The fourth-order valence-electron chi connectivity index (χ4n) is 1.13. The van der Waals surface area contributed by atoms with E-state index in [-0.39, 0.29) is 0 Å². The number of aliphatic carboxylic acids is 1. The Hall–Kier alpha value is -0.920. The molecule has 1 atom stereocenters. The van der Waals surface area contributed by atoms with Crippen LogP contribution in [-0.2, 0) is 14.8 Å². The van der Waals surface area contributed by atoms with Gasteiger partial charge in [0, 0.05) is 4.47 Å². The molecule has 0 aromatic heterocycles. The molecule has 1 unspecified atom stereocenters. The zero-order chi connectivity index (χ0) is 12.3. The number of rotatable bonds is 4. The number of benzene rings is 1. The molecular formula is C9H10BrNO4S. The molecule has 1 aromatic carbocycles. The summed E-state index contributed by atoms with van der Waals surface area (Å²) >= 11 is 3.21. The van der Waals surface area contributed by atoms with Crippen molar-refractivity contribution in [2.75, 3.05) is 6.26 Å². The van der Waals surface area contributed by atoms with Crippen LogP contribution in [0.1, 0.15) is 11.6 Å². The maximum atomic E-state index is 11.0. The Bertz CT molecular complexity index is 483. The van der Waals surface area contributed by atoms with Crippen molar-refractivity contribution in [3.63, 3.8) is 0 Å². The van der Waals surface area contributed by atoms with Gasteiger partial charge in [-0.25, -0.2) is 8.42 Å². The maximum Gasteiger partial charge on any atom is 0.326 e. The third-order valence-electron chi connectivity index (χ3n) is 1.78. The normalized spacial score (nSPS) is 13.4. The van der Waals surface area contributed by atoms with Crippen molar-refractivity contribution in [2.45, 2.75) is 6.04 Å². The van der Waals surface area contributed by atoms with Gasteiger partial charge in [-0.15, -0.1) is 0 Å². The summed E-state index contributed by atoms with van der Waals surface area (Å²) in [7, 11) is -3.57. The van der Waals surface area contributed by atoms with Gasteiger partial charge in [-0.05, 0) is 17.7 Å². The van der Waals surface area contributed by atoms with Gasteiger partial charge < -0.3 is 5.11 Å². The van der Waals surface area contributed by atoms with Crippen LogP contribution in [0.25, 0.3) is 0 Å². The number of nitrogens with one attached hydrogen (secondary N) is 1. The average Bonchev–Trinajstić information content (AvgIpc) is 2.14. The number of halogens is 1. The van der Waals surface area contributed by atoms with E-state index in [2.05, 4.69) is 15.9 Å². The number of hydrogen-bond donors (Lipinski definition) is 2. The fourth-order valence-corrected chi connectivity index (χ4v) is 2.06. The summed E-state index contributed by atoms with van der Waals surface area (Å²) in [6.45, 7) is 0. The highest BCUT2D eigenvalue weighted by atomic mass is 79.9. The smallest absolute Gasteiger partial charge is 0.326 e. The minimum absolute atomic E-state index is 0.376. The van der Waals surface area contributed by atoms with E-state index in [1.54, 1.807) is 24.3 Å². The van der Waals surface area contributed by atoms with Gasteiger partial charge in [0.25, 0.3) is 0 Å². The zero-order valence-electron chi connectivity index (χ0n) is 8.34. The van der Waals surface area contributed by atoms with Crippen LogP contribution in [0.3, 0.4) is 0 Å². The predicted octanol–water partition coefficient (Wildman–Crippen LogP) is 1.12. The quantitative estimate of drug-likeness (QED) is 0.873. The summed E-state index contributed by atoms with van der Waals surface area (Å²) < 4.78 is 24.8. The van der Waals surface area contributed by atoms with Crippen molar-refractivity contribution in [3.05, 3.63) is 34.3 Å². The van der Waals surface area contributed by atoms with Crippen molar-refractivity contribution in [1.82, 2.24) is 4.72 Å². The van der Waals surface area contributed by atoms with E-state index in [0.29, 0.717) is 5.56 Å². The van der Waals surface area contributed by atoms with E-state index in [4.69, 9.17) is 5.11 Å². The Kier molecular flexibility index (Phi) is 4.06. The molecule has 88 valence electrons. The van der Waals surface area contributed by atoms with Gasteiger partial charge in [-0.3, -0.25) is 4.79 Å². The molecule has 0 bridgehead atoms. The molecular weight excluding hydrogens is 298 g/mol. The first kappa shape index (κ1) is 13.1. The molecule has 0 aliphatic rings. The lowest BCUT2D eigenvalue weighted by Gasteiger charge is -2.13. The van der Waals surface area contributed by atoms with Crippen LogP contribution >= 0.6 is 15.9 Å². The summed E-state index contributed by atoms with van der Waals surface area (Å²) in [6.07, 6.45) is 0.918. The second kappa shape index (κ2) is 4.94. The van der Waals surface area contributed by atoms with Gasteiger partial charge in [-0.1, -0.05) is 28.1 Å². The van der Waals surface area contributed by atoms with Crippen LogP contribution in [0, 0.1) is 0 Å². The molecule has 0 radical (unpaired) electrons. The molecule has 2 N–H and O–H groups in total. The van der Waals surface area contributed by atoms with Gasteiger partial charge in [0.15, 0.2) is 0 Å². The Morgan fingerprint density at radius 1 is 1.38 bits per heavy atom. The molecule has 0 fully saturated rings. The summed E-state index contributed by atoms with van der Waals surface area (Å²) in [5.41, 5.74) is 0.376. The van der Waals surface area contributed by atoms with Crippen LogP contribution in [-0.4, -0.2) is 25.7 Å². The van der Waals surface area contributed by atoms with Crippen molar-refractivity contribution < 1.29 is 18.3 Å². The molecule has 0 amide bonds. The van der Waals surface area contributed by atoms with Crippen LogP contribution in [0.15, 0.2) is 28.7 Å². The number of carbonyl (C=O) groups is 1. The third kappa shape index (κ3) is 3.92. The zero-order valence-corrected chi connectivity index (χ0v) is 10.7. The maximum absolute atomic E-state index is 11.0. The topological polar surface area (TPSA) is 83.5 Å². The van der Waals surface area contributed by atoms with Gasteiger partial charge in [0.05, 0.1) is 6.26 Å². The van der Waals surface area contributed by atoms with Crippen LogP contribution in [0.2, 0.25) is 0 Å². The largest absolute Gasteiger partial charge is 0.480 e. The lowest BCUT2D eigenvalue weighted by atomic mass is 10.1. The minimum Gasteiger partial charge on any atom is -0.480 e. The summed E-state index contributed by atoms with van der Waals surface area (Å²) in [6, 6.07) is 5.12. The first-order valence-corrected chi connectivity index (χ1v) is 6.93. The van der Waals surface area contributed by atoms with Gasteiger partial charge in [0.2, 0.25) is 10.0 Å². The van der Waals surface area contributed by atoms with E-state index >= 15 is 0 Å². The van der Waals surface area contributed by atoms with Crippen LogP contribution in [0.4, 0.5) is 0 Å². The molecule has 0 spiro atoms. The number of sulfonamides is 1. The van der Waals surface area contributed by atoms with E-state index in [9.17, 15) is 13.2 Å². The van der Waals surface area contributed by atoms with E-state index < -0.39 is 22.0 Å². The van der Waals surface area contributed by atoms with E-state index in [1.165, 1.54) is 0 Å². The van der Waals surface area contributed by atoms with Crippen LogP contribution < -0.4 is 4.72 Å². The van der Waals surface area contributed by atoms with Crippen molar-refractivity contribution >= 4 is 31.9 Å². The highest BCUT2D eigenvalue weighted by Gasteiger charge is 2.22. The summed E-state index contributed by atoms with van der Waals surface area (Å²) in [4.78, 5) is 10.9. The molecule has 0 heterocycles. The predicted molar refractivity (Wildman–Crippen MR) is 62.5 cm³/mol. The molecule has 0 saturated heterocycles. The molecule has 1 aromatic rings. The second-order valence-electron chi connectivity index (χ2n) is 3.21. The number of carboxylic acid groups (broad SMARTS) is 1. The average molecular weight is 308 g/mol. The highest BCUT2D eigenvalue weighted by Crippen LogP contribution is 2.17. The summed E-state index contributed by atoms with van der Waals surface area (Å²) in [5.74, 6) is -1.24. The van der Waals surface area contributed by atoms with Crippen molar-refractivity contribution in [3.8, 4) is 0 Å². The van der Waals surface area contributed by atoms with Crippen LogP contribution in [0.5, 0.6) is 0 Å². The molecule has 7 heteroatoms. The number of carboxylic acids is 1. The Labute approximate surface area is 102 Å².